The Hall–Kier alpha value is -1.91. The van der Waals surface area contributed by atoms with Crippen LogP contribution in [0, 0.1) is 0 Å². The SMILES string of the molecule is C/C=C\C(=O)OCC(F)(F)C(F)(F)C(F)(F)C(F)(F)C(F)(F)C(F)(F)C(F)(F)C(F)F. The predicted molar refractivity (Wildman–Crippen MR) is 66.4 cm³/mol. The van der Waals surface area contributed by atoms with Gasteiger partial charge in [0.05, 0.1) is 0 Å². The minimum absolute atomic E-state index is 0.210. The maximum absolute atomic E-state index is 13.4. The summed E-state index contributed by atoms with van der Waals surface area (Å²) in [5.41, 5.74) is 0. The van der Waals surface area contributed by atoms with Crippen molar-refractivity contribution < 1.29 is 79.8 Å². The molecular formula is C13H8F16O2. The smallest absolute Gasteiger partial charge is 0.385 e. The number of esters is 1. The number of halogens is 16. The Morgan fingerprint density at radius 1 is 0.710 bits per heavy atom. The summed E-state index contributed by atoms with van der Waals surface area (Å²) in [5.74, 6) is -57.2. The maximum Gasteiger partial charge on any atom is 0.385 e. The summed E-state index contributed by atoms with van der Waals surface area (Å²) in [6.07, 6.45) is -4.97. The molecule has 0 heterocycles. The zero-order chi connectivity index (χ0) is 25.5. The monoisotopic (exact) mass is 500 g/mol. The molecule has 0 atom stereocenters. The summed E-state index contributed by atoms with van der Waals surface area (Å²) in [7, 11) is 0. The molecule has 0 saturated carbocycles. The van der Waals surface area contributed by atoms with Gasteiger partial charge in [-0.15, -0.1) is 0 Å². The van der Waals surface area contributed by atoms with Gasteiger partial charge >= 0.3 is 53.9 Å². The largest absolute Gasteiger partial charge is 0.456 e. The average molecular weight is 500 g/mol. The van der Waals surface area contributed by atoms with Crippen LogP contribution in [0.15, 0.2) is 12.2 Å². The van der Waals surface area contributed by atoms with Gasteiger partial charge in [-0.2, -0.15) is 61.5 Å². The van der Waals surface area contributed by atoms with Crippen LogP contribution in [0.5, 0.6) is 0 Å². The van der Waals surface area contributed by atoms with Gasteiger partial charge in [0.25, 0.3) is 0 Å². The second-order valence-corrected chi connectivity index (χ2v) is 5.61. The van der Waals surface area contributed by atoms with E-state index in [1.165, 1.54) is 0 Å². The second-order valence-electron chi connectivity index (χ2n) is 5.61. The van der Waals surface area contributed by atoms with Gasteiger partial charge < -0.3 is 4.74 Å². The molecule has 2 nitrogen and oxygen atoms in total. The fourth-order valence-corrected chi connectivity index (χ4v) is 1.60. The van der Waals surface area contributed by atoms with Crippen molar-refractivity contribution in [2.45, 2.75) is 54.8 Å². The second kappa shape index (κ2) is 8.22. The fraction of sp³-hybridized carbons (Fsp3) is 0.769. The van der Waals surface area contributed by atoms with E-state index < -0.39 is 60.5 Å². The summed E-state index contributed by atoms with van der Waals surface area (Å²) < 4.78 is 211. The molecule has 0 bridgehead atoms. The molecule has 0 aromatic carbocycles. The molecule has 18 heteroatoms. The zero-order valence-corrected chi connectivity index (χ0v) is 14.3. The van der Waals surface area contributed by atoms with Crippen LogP contribution in [0.1, 0.15) is 6.92 Å². The van der Waals surface area contributed by atoms with Crippen LogP contribution >= 0.6 is 0 Å². The van der Waals surface area contributed by atoms with Crippen molar-refractivity contribution in [3.05, 3.63) is 12.2 Å². The van der Waals surface area contributed by atoms with Crippen molar-refractivity contribution in [3.8, 4) is 0 Å². The summed E-state index contributed by atoms with van der Waals surface area (Å²) in [5, 5.41) is 0. The van der Waals surface area contributed by atoms with E-state index in [0.717, 1.165) is 6.92 Å². The van der Waals surface area contributed by atoms with Crippen LogP contribution in [0.3, 0.4) is 0 Å². The first kappa shape index (κ1) is 29.1. The third-order valence-electron chi connectivity index (χ3n) is 3.43. The summed E-state index contributed by atoms with van der Waals surface area (Å²) in [6, 6.07) is 0. The first-order valence-electron chi connectivity index (χ1n) is 7.12. The Morgan fingerprint density at radius 2 is 1.06 bits per heavy atom. The van der Waals surface area contributed by atoms with E-state index in [-0.39, 0.29) is 6.08 Å². The van der Waals surface area contributed by atoms with Gasteiger partial charge in [-0.1, -0.05) is 6.08 Å². The van der Waals surface area contributed by atoms with Gasteiger partial charge in [0.2, 0.25) is 0 Å². The standard InChI is InChI=1S/C13H8F16O2/c1-2-3-5(30)31-4-7(16,17)9(20,21)11(24,25)13(28,29)12(26,27)10(22,23)8(18,19)6(14)15/h2-3,6H,4H2,1H3/b3-2-. The minimum atomic E-state index is -8.47. The maximum atomic E-state index is 13.4. The van der Waals surface area contributed by atoms with E-state index in [9.17, 15) is 75.0 Å². The number of alkyl halides is 16. The molecule has 31 heavy (non-hydrogen) atoms. The Bertz CT molecular complexity index is 681. The number of allylic oxidation sites excluding steroid dienone is 1. The van der Waals surface area contributed by atoms with Crippen LogP contribution < -0.4 is 0 Å². The Labute approximate surface area is 160 Å². The highest BCUT2D eigenvalue weighted by molar-refractivity contribution is 5.81. The minimum Gasteiger partial charge on any atom is -0.456 e. The van der Waals surface area contributed by atoms with Crippen molar-refractivity contribution in [3.63, 3.8) is 0 Å². The van der Waals surface area contributed by atoms with Crippen molar-refractivity contribution >= 4 is 5.97 Å². The van der Waals surface area contributed by atoms with E-state index in [4.69, 9.17) is 0 Å². The van der Waals surface area contributed by atoms with E-state index in [2.05, 4.69) is 4.74 Å². The lowest BCUT2D eigenvalue weighted by atomic mass is 9.89. The molecular weight excluding hydrogens is 492 g/mol. The lowest BCUT2D eigenvalue weighted by molar-refractivity contribution is -0.447. The first-order chi connectivity index (χ1) is 13.4. The van der Waals surface area contributed by atoms with E-state index >= 15 is 0 Å². The van der Waals surface area contributed by atoms with Crippen molar-refractivity contribution in [2.75, 3.05) is 6.61 Å². The highest BCUT2D eigenvalue weighted by Crippen LogP contribution is 2.62. The number of hydrogen-bond donors (Lipinski definition) is 0. The van der Waals surface area contributed by atoms with Crippen LogP contribution in [0.2, 0.25) is 0 Å². The lowest BCUT2D eigenvalue weighted by Gasteiger charge is -2.42. The number of ether oxygens (including phenoxy) is 1. The lowest BCUT2D eigenvalue weighted by Crippen LogP contribution is -2.74. The fourth-order valence-electron chi connectivity index (χ4n) is 1.60. The molecule has 0 fully saturated rings. The Morgan fingerprint density at radius 3 is 1.42 bits per heavy atom. The van der Waals surface area contributed by atoms with Crippen molar-refractivity contribution in [1.82, 2.24) is 0 Å². The molecule has 0 saturated heterocycles. The third kappa shape index (κ3) is 4.25. The van der Waals surface area contributed by atoms with Gasteiger partial charge in [0, 0.05) is 6.08 Å². The predicted octanol–water partition coefficient (Wildman–Crippen LogP) is 5.82. The number of carbonyl (C=O) groups excluding carboxylic acids is 1. The molecule has 0 aliphatic rings. The van der Waals surface area contributed by atoms with Gasteiger partial charge in [0.1, 0.15) is 0 Å². The molecule has 0 amide bonds. The third-order valence-corrected chi connectivity index (χ3v) is 3.43. The van der Waals surface area contributed by atoms with Gasteiger partial charge in [-0.05, 0) is 6.92 Å². The summed E-state index contributed by atoms with van der Waals surface area (Å²) >= 11 is 0. The van der Waals surface area contributed by atoms with Crippen molar-refractivity contribution in [2.24, 2.45) is 0 Å². The van der Waals surface area contributed by atoms with Gasteiger partial charge in [-0.3, -0.25) is 0 Å². The zero-order valence-electron chi connectivity index (χ0n) is 14.3. The first-order valence-corrected chi connectivity index (χ1v) is 7.12. The van der Waals surface area contributed by atoms with E-state index in [0.29, 0.717) is 6.08 Å². The number of hydrogen-bond acceptors (Lipinski definition) is 2. The molecule has 0 aromatic heterocycles. The van der Waals surface area contributed by atoms with Crippen LogP contribution in [-0.4, -0.2) is 60.5 Å². The summed E-state index contributed by atoms with van der Waals surface area (Å²) in [4.78, 5) is 10.7. The van der Waals surface area contributed by atoms with Crippen molar-refractivity contribution in [1.29, 1.82) is 0 Å². The molecule has 184 valence electrons. The van der Waals surface area contributed by atoms with Crippen LogP contribution in [0.25, 0.3) is 0 Å². The average Bonchev–Trinajstić information content (AvgIpc) is 2.59. The molecule has 0 aromatic rings. The topological polar surface area (TPSA) is 26.3 Å². The van der Waals surface area contributed by atoms with E-state index in [1.807, 2.05) is 0 Å². The number of carbonyl (C=O) groups is 1. The van der Waals surface area contributed by atoms with Gasteiger partial charge in [-0.25, -0.2) is 13.6 Å². The normalized spacial score (nSPS) is 15.7. The molecule has 0 aliphatic heterocycles. The van der Waals surface area contributed by atoms with Crippen LogP contribution in [0.4, 0.5) is 70.2 Å². The molecule has 0 radical (unpaired) electrons. The molecule has 0 spiro atoms. The molecule has 0 unspecified atom stereocenters. The van der Waals surface area contributed by atoms with Crippen LogP contribution in [-0.2, 0) is 9.53 Å². The van der Waals surface area contributed by atoms with Gasteiger partial charge in [0.15, 0.2) is 6.61 Å². The molecule has 0 rings (SSSR count). The highest BCUT2D eigenvalue weighted by atomic mass is 19.4. The quantitative estimate of drug-likeness (QED) is 0.215. The van der Waals surface area contributed by atoms with E-state index in [1.54, 1.807) is 0 Å². The molecule has 0 aliphatic carbocycles. The Balaban J connectivity index is 6.40. The molecule has 0 N–H and O–H groups in total. The highest BCUT2D eigenvalue weighted by Gasteiger charge is 2.93. The Kier molecular flexibility index (Phi) is 7.71. The number of rotatable bonds is 10. The summed E-state index contributed by atoms with van der Waals surface area (Å²) in [6.45, 7) is -2.18.